The smallest absolute Gasteiger partial charge is 0.135 e. The number of allylic oxidation sites excluding steroid dienone is 2. The van der Waals surface area contributed by atoms with Crippen molar-refractivity contribution in [1.29, 1.82) is 5.26 Å². The van der Waals surface area contributed by atoms with E-state index in [4.69, 9.17) is 0 Å². The van der Waals surface area contributed by atoms with Gasteiger partial charge in [0.25, 0.3) is 0 Å². The van der Waals surface area contributed by atoms with Gasteiger partial charge < -0.3 is 4.90 Å². The van der Waals surface area contributed by atoms with Crippen molar-refractivity contribution in [1.82, 2.24) is 4.90 Å². The number of nitrogens with zero attached hydrogens (tertiary/aromatic N) is 2. The van der Waals surface area contributed by atoms with Crippen LogP contribution in [0.5, 0.6) is 0 Å². The Morgan fingerprint density at radius 2 is 1.89 bits per heavy atom. The molecule has 1 aliphatic rings. The van der Waals surface area contributed by atoms with Crippen LogP contribution in [0.2, 0.25) is 0 Å². The van der Waals surface area contributed by atoms with Crippen molar-refractivity contribution in [2.24, 2.45) is 0 Å². The van der Waals surface area contributed by atoms with Gasteiger partial charge in [0.2, 0.25) is 0 Å². The molecule has 92 valence electrons. The fourth-order valence-corrected chi connectivity index (χ4v) is 2.43. The highest BCUT2D eigenvalue weighted by Crippen LogP contribution is 2.21. The lowest BCUT2D eigenvalue weighted by molar-refractivity contribution is 0.356. The van der Waals surface area contributed by atoms with Crippen molar-refractivity contribution in [2.45, 2.75) is 12.6 Å². The SMILES string of the molecule is N#CC1C=CC=CN1Cc1cccc2ccccc12. The van der Waals surface area contributed by atoms with Gasteiger partial charge in [-0.15, -0.1) is 0 Å². The summed E-state index contributed by atoms with van der Waals surface area (Å²) in [4.78, 5) is 2.06. The summed E-state index contributed by atoms with van der Waals surface area (Å²) in [5.41, 5.74) is 1.25. The minimum Gasteiger partial charge on any atom is -0.354 e. The molecule has 19 heavy (non-hydrogen) atoms. The minimum absolute atomic E-state index is 0.177. The van der Waals surface area contributed by atoms with E-state index in [0.717, 1.165) is 6.54 Å². The van der Waals surface area contributed by atoms with E-state index in [0.29, 0.717) is 0 Å². The highest BCUT2D eigenvalue weighted by Gasteiger charge is 2.14. The van der Waals surface area contributed by atoms with Crippen molar-refractivity contribution in [3.8, 4) is 6.07 Å². The Morgan fingerprint density at radius 1 is 1.05 bits per heavy atom. The topological polar surface area (TPSA) is 27.0 Å². The number of rotatable bonds is 2. The highest BCUT2D eigenvalue weighted by atomic mass is 15.1. The summed E-state index contributed by atoms with van der Waals surface area (Å²) >= 11 is 0. The van der Waals surface area contributed by atoms with Gasteiger partial charge in [-0.2, -0.15) is 5.26 Å². The maximum atomic E-state index is 9.18. The summed E-state index contributed by atoms with van der Waals surface area (Å²) in [6.07, 6.45) is 7.80. The molecular weight excluding hydrogens is 232 g/mol. The van der Waals surface area contributed by atoms with Gasteiger partial charge in [0.05, 0.1) is 6.07 Å². The van der Waals surface area contributed by atoms with Crippen molar-refractivity contribution in [3.63, 3.8) is 0 Å². The maximum absolute atomic E-state index is 9.18. The Morgan fingerprint density at radius 3 is 2.79 bits per heavy atom. The van der Waals surface area contributed by atoms with Gasteiger partial charge >= 0.3 is 0 Å². The summed E-state index contributed by atoms with van der Waals surface area (Å²) in [6, 6.07) is 16.8. The van der Waals surface area contributed by atoms with Crippen molar-refractivity contribution < 1.29 is 0 Å². The predicted molar refractivity (Wildman–Crippen MR) is 77.2 cm³/mol. The average Bonchev–Trinajstić information content (AvgIpc) is 2.48. The molecule has 2 nitrogen and oxygen atoms in total. The molecule has 1 aliphatic heterocycles. The standard InChI is InChI=1S/C17H14N2/c18-12-16-9-3-4-11-19(16)13-15-8-5-7-14-6-1-2-10-17(14)15/h1-11,16H,13H2. The molecule has 0 N–H and O–H groups in total. The molecule has 0 aromatic heterocycles. The van der Waals surface area contributed by atoms with Crippen LogP contribution in [-0.2, 0) is 6.54 Å². The lowest BCUT2D eigenvalue weighted by atomic mass is 10.0. The first-order valence-electron chi connectivity index (χ1n) is 6.35. The normalized spacial score (nSPS) is 17.6. The molecule has 0 amide bonds. The zero-order valence-corrected chi connectivity index (χ0v) is 10.5. The first-order chi connectivity index (χ1) is 9.38. The quantitative estimate of drug-likeness (QED) is 0.809. The van der Waals surface area contributed by atoms with E-state index in [1.54, 1.807) is 0 Å². The summed E-state index contributed by atoms with van der Waals surface area (Å²) in [5.74, 6) is 0. The molecular formula is C17H14N2. The van der Waals surface area contributed by atoms with Crippen molar-refractivity contribution in [2.75, 3.05) is 0 Å². The molecule has 0 spiro atoms. The third-order valence-corrected chi connectivity index (χ3v) is 3.40. The van der Waals surface area contributed by atoms with Crippen LogP contribution in [0.15, 0.2) is 66.9 Å². The Bertz CT molecular complexity index is 686. The fourth-order valence-electron chi connectivity index (χ4n) is 2.43. The van der Waals surface area contributed by atoms with Gasteiger partial charge in [0, 0.05) is 12.7 Å². The number of fused-ring (bicyclic) bond motifs is 1. The first kappa shape index (κ1) is 11.6. The predicted octanol–water partition coefficient (Wildman–Crippen LogP) is 3.62. The zero-order valence-electron chi connectivity index (χ0n) is 10.5. The first-order valence-corrected chi connectivity index (χ1v) is 6.35. The third kappa shape index (κ3) is 2.23. The van der Waals surface area contributed by atoms with Crippen LogP contribution in [-0.4, -0.2) is 10.9 Å². The number of nitriles is 1. The summed E-state index contributed by atoms with van der Waals surface area (Å²) in [7, 11) is 0. The molecule has 2 aromatic carbocycles. The van der Waals surface area contributed by atoms with E-state index >= 15 is 0 Å². The molecule has 1 atom stereocenters. The number of hydrogen-bond donors (Lipinski definition) is 0. The zero-order chi connectivity index (χ0) is 13.1. The van der Waals surface area contributed by atoms with Crippen LogP contribution >= 0.6 is 0 Å². The Balaban J connectivity index is 1.96. The second kappa shape index (κ2) is 4.99. The lowest BCUT2D eigenvalue weighted by Gasteiger charge is -2.26. The van der Waals surface area contributed by atoms with Crippen molar-refractivity contribution >= 4 is 10.8 Å². The largest absolute Gasteiger partial charge is 0.354 e. The van der Waals surface area contributed by atoms with Crippen LogP contribution in [0, 0.1) is 11.3 Å². The molecule has 0 radical (unpaired) electrons. The molecule has 2 aromatic rings. The molecule has 1 unspecified atom stereocenters. The van der Waals surface area contributed by atoms with Crippen LogP contribution in [0.4, 0.5) is 0 Å². The summed E-state index contributed by atoms with van der Waals surface area (Å²) in [5, 5.41) is 11.7. The third-order valence-electron chi connectivity index (χ3n) is 3.40. The molecule has 0 fully saturated rings. The van der Waals surface area contributed by atoms with Crippen molar-refractivity contribution in [3.05, 3.63) is 72.5 Å². The van der Waals surface area contributed by atoms with E-state index < -0.39 is 0 Å². The number of benzene rings is 2. The maximum Gasteiger partial charge on any atom is 0.135 e. The van der Waals surface area contributed by atoms with Crippen LogP contribution in [0.1, 0.15) is 5.56 Å². The van der Waals surface area contributed by atoms with Gasteiger partial charge in [-0.3, -0.25) is 0 Å². The molecule has 0 saturated carbocycles. The van der Waals surface area contributed by atoms with E-state index in [1.807, 2.05) is 30.5 Å². The molecule has 0 aliphatic carbocycles. The average molecular weight is 246 g/mol. The summed E-state index contributed by atoms with van der Waals surface area (Å²) < 4.78 is 0. The van der Waals surface area contributed by atoms with Gasteiger partial charge in [-0.1, -0.05) is 48.5 Å². The Labute approximate surface area is 112 Å². The van der Waals surface area contributed by atoms with Crippen LogP contribution in [0.25, 0.3) is 10.8 Å². The van der Waals surface area contributed by atoms with Gasteiger partial charge in [-0.25, -0.2) is 0 Å². The van der Waals surface area contributed by atoms with E-state index in [9.17, 15) is 5.26 Å². The second-order valence-electron chi connectivity index (χ2n) is 4.61. The summed E-state index contributed by atoms with van der Waals surface area (Å²) in [6.45, 7) is 0.750. The Kier molecular flexibility index (Phi) is 3.04. The molecule has 0 bridgehead atoms. The molecule has 1 heterocycles. The highest BCUT2D eigenvalue weighted by molar-refractivity contribution is 5.85. The van der Waals surface area contributed by atoms with Gasteiger partial charge in [-0.05, 0) is 28.5 Å². The Hall–Kier alpha value is -2.53. The monoisotopic (exact) mass is 246 g/mol. The molecule has 3 rings (SSSR count). The minimum atomic E-state index is -0.177. The second-order valence-corrected chi connectivity index (χ2v) is 4.61. The van der Waals surface area contributed by atoms with E-state index in [-0.39, 0.29) is 6.04 Å². The fraction of sp³-hybridized carbons (Fsp3) is 0.118. The lowest BCUT2D eigenvalue weighted by Crippen LogP contribution is -2.28. The van der Waals surface area contributed by atoms with Gasteiger partial charge in [0.1, 0.15) is 6.04 Å². The van der Waals surface area contributed by atoms with Gasteiger partial charge in [0.15, 0.2) is 0 Å². The number of hydrogen-bond acceptors (Lipinski definition) is 2. The molecule has 0 saturated heterocycles. The molecule has 2 heteroatoms. The van der Waals surface area contributed by atoms with E-state index in [1.165, 1.54) is 16.3 Å². The van der Waals surface area contributed by atoms with Crippen LogP contribution in [0.3, 0.4) is 0 Å². The van der Waals surface area contributed by atoms with E-state index in [2.05, 4.69) is 47.4 Å². The van der Waals surface area contributed by atoms with Crippen LogP contribution < -0.4 is 0 Å².